The molecule has 17 heavy (non-hydrogen) atoms. The van der Waals surface area contributed by atoms with Crippen molar-refractivity contribution in [2.24, 2.45) is 0 Å². The minimum Gasteiger partial charge on any atom is -0.130 e. The monoisotopic (exact) mass is 520 g/mol. The third-order valence-electron chi connectivity index (χ3n) is 2.15. The van der Waals surface area contributed by atoms with Gasteiger partial charge in [0.05, 0.1) is 9.16 Å². The van der Waals surface area contributed by atoms with Gasteiger partial charge < -0.3 is 0 Å². The van der Waals surface area contributed by atoms with Crippen LogP contribution in [0.1, 0.15) is 15.8 Å². The number of halogens is 5. The van der Waals surface area contributed by atoms with Crippen LogP contribution in [0.2, 0.25) is 0 Å². The summed E-state index contributed by atoms with van der Waals surface area (Å²) in [7, 11) is 0. The van der Waals surface area contributed by atoms with E-state index in [0.717, 1.165) is 27.6 Å². The minimum atomic E-state index is -0.148. The lowest BCUT2D eigenvalue weighted by molar-refractivity contribution is 1.16. The Morgan fingerprint density at radius 2 is 1.71 bits per heavy atom. The van der Waals surface area contributed by atoms with E-state index >= 15 is 0 Å². The molecular formula is C11H5Br4ClS. The van der Waals surface area contributed by atoms with Crippen molar-refractivity contribution in [1.29, 1.82) is 0 Å². The van der Waals surface area contributed by atoms with Crippen LogP contribution in [0, 0.1) is 0 Å². The second kappa shape index (κ2) is 6.06. The summed E-state index contributed by atoms with van der Waals surface area (Å²) in [4.78, 5) is 1.11. The molecule has 0 amide bonds. The van der Waals surface area contributed by atoms with Gasteiger partial charge >= 0.3 is 0 Å². The Bertz CT molecular complexity index is 533. The molecule has 1 aromatic carbocycles. The zero-order chi connectivity index (χ0) is 12.6. The van der Waals surface area contributed by atoms with Gasteiger partial charge in [-0.3, -0.25) is 0 Å². The van der Waals surface area contributed by atoms with Crippen LogP contribution >= 0.6 is 86.7 Å². The molecule has 0 aliphatic carbocycles. The summed E-state index contributed by atoms with van der Waals surface area (Å²) in [6, 6.07) is 8.06. The molecule has 90 valence electrons. The van der Waals surface area contributed by atoms with Crippen molar-refractivity contribution in [3.63, 3.8) is 0 Å². The van der Waals surface area contributed by atoms with E-state index in [2.05, 4.69) is 63.7 Å². The van der Waals surface area contributed by atoms with E-state index in [0.29, 0.717) is 0 Å². The molecule has 0 spiro atoms. The highest BCUT2D eigenvalue weighted by atomic mass is 79.9. The standard InChI is InChI=1S/C11H5Br4ClS/c12-5-1-2-6(7(13)3-5)10(16)9-4-8(14)11(15)17-9/h1-4,10H. The van der Waals surface area contributed by atoms with Crippen molar-refractivity contribution in [2.45, 2.75) is 5.38 Å². The Labute approximate surface area is 142 Å². The summed E-state index contributed by atoms with van der Waals surface area (Å²) in [5, 5.41) is -0.148. The van der Waals surface area contributed by atoms with E-state index in [1.54, 1.807) is 11.3 Å². The molecular weight excluding hydrogens is 519 g/mol. The summed E-state index contributed by atoms with van der Waals surface area (Å²) in [5.41, 5.74) is 1.07. The maximum absolute atomic E-state index is 6.50. The Morgan fingerprint density at radius 1 is 1.00 bits per heavy atom. The van der Waals surface area contributed by atoms with Crippen LogP contribution in [0.25, 0.3) is 0 Å². The summed E-state index contributed by atoms with van der Waals surface area (Å²) in [5.74, 6) is 0. The number of hydrogen-bond donors (Lipinski definition) is 0. The van der Waals surface area contributed by atoms with Crippen LogP contribution in [-0.2, 0) is 0 Å². The molecule has 0 radical (unpaired) electrons. The molecule has 0 fully saturated rings. The second-order valence-electron chi connectivity index (χ2n) is 3.30. The van der Waals surface area contributed by atoms with Gasteiger partial charge in [0.2, 0.25) is 0 Å². The van der Waals surface area contributed by atoms with Gasteiger partial charge in [0.15, 0.2) is 0 Å². The first-order valence-electron chi connectivity index (χ1n) is 4.53. The summed E-state index contributed by atoms with van der Waals surface area (Å²) in [6.07, 6.45) is 0. The largest absolute Gasteiger partial charge is 0.130 e. The number of hydrogen-bond acceptors (Lipinski definition) is 1. The Kier molecular flexibility index (Phi) is 5.18. The third kappa shape index (κ3) is 3.37. The fraction of sp³-hybridized carbons (Fsp3) is 0.0909. The van der Waals surface area contributed by atoms with Crippen molar-refractivity contribution < 1.29 is 0 Å². The number of alkyl halides is 1. The molecule has 0 bridgehead atoms. The molecule has 1 heterocycles. The molecule has 0 nitrogen and oxygen atoms in total. The predicted octanol–water partition coefficient (Wildman–Crippen LogP) is 7.13. The number of benzene rings is 1. The molecule has 0 N–H and O–H groups in total. The molecule has 1 aromatic heterocycles. The van der Waals surface area contributed by atoms with E-state index in [1.807, 2.05) is 24.3 Å². The fourth-order valence-corrected chi connectivity index (χ4v) is 5.23. The van der Waals surface area contributed by atoms with Crippen LogP contribution in [0.5, 0.6) is 0 Å². The molecule has 2 aromatic rings. The van der Waals surface area contributed by atoms with Crippen molar-refractivity contribution in [1.82, 2.24) is 0 Å². The summed E-state index contributed by atoms with van der Waals surface area (Å²) >= 11 is 22.1. The van der Waals surface area contributed by atoms with Gasteiger partial charge in [-0.05, 0) is 55.6 Å². The molecule has 0 aliphatic rings. The van der Waals surface area contributed by atoms with Gasteiger partial charge in [0.25, 0.3) is 0 Å². The van der Waals surface area contributed by atoms with E-state index in [9.17, 15) is 0 Å². The first-order chi connectivity index (χ1) is 7.99. The lowest BCUT2D eigenvalue weighted by Gasteiger charge is -2.10. The molecule has 0 saturated carbocycles. The first kappa shape index (κ1) is 14.5. The highest BCUT2D eigenvalue weighted by Crippen LogP contribution is 2.42. The highest BCUT2D eigenvalue weighted by molar-refractivity contribution is 9.13. The third-order valence-corrected chi connectivity index (χ3v) is 7.25. The van der Waals surface area contributed by atoms with Gasteiger partial charge in [-0.1, -0.05) is 37.9 Å². The number of rotatable bonds is 2. The van der Waals surface area contributed by atoms with Crippen LogP contribution in [0.4, 0.5) is 0 Å². The molecule has 0 aliphatic heterocycles. The second-order valence-corrected chi connectivity index (χ2v) is 8.76. The van der Waals surface area contributed by atoms with Crippen molar-refractivity contribution in [3.05, 3.63) is 51.9 Å². The van der Waals surface area contributed by atoms with Crippen molar-refractivity contribution >= 4 is 86.7 Å². The van der Waals surface area contributed by atoms with Crippen LogP contribution < -0.4 is 0 Å². The fourth-order valence-electron chi connectivity index (χ4n) is 1.35. The van der Waals surface area contributed by atoms with Crippen LogP contribution in [0.15, 0.2) is 41.5 Å². The summed E-state index contributed by atoms with van der Waals surface area (Å²) < 4.78 is 4.14. The van der Waals surface area contributed by atoms with Gasteiger partial charge in [-0.15, -0.1) is 22.9 Å². The Balaban J connectivity index is 2.39. The molecule has 1 unspecified atom stereocenters. The average Bonchev–Trinajstić information content (AvgIpc) is 2.58. The van der Waals surface area contributed by atoms with Crippen LogP contribution in [-0.4, -0.2) is 0 Å². The lowest BCUT2D eigenvalue weighted by atomic mass is 10.1. The van der Waals surface area contributed by atoms with E-state index in [4.69, 9.17) is 11.6 Å². The van der Waals surface area contributed by atoms with Gasteiger partial charge in [0.1, 0.15) is 0 Å². The van der Waals surface area contributed by atoms with Gasteiger partial charge in [0, 0.05) is 18.3 Å². The normalized spacial score (nSPS) is 12.8. The quantitative estimate of drug-likeness (QED) is 0.367. The molecule has 1 atom stereocenters. The Hall–Kier alpha value is 1.13. The molecule has 0 saturated heterocycles. The smallest absolute Gasteiger partial charge is 0.0939 e. The zero-order valence-electron chi connectivity index (χ0n) is 8.18. The maximum atomic E-state index is 6.50. The predicted molar refractivity (Wildman–Crippen MR) is 89.3 cm³/mol. The van der Waals surface area contributed by atoms with Gasteiger partial charge in [-0.2, -0.15) is 0 Å². The lowest BCUT2D eigenvalue weighted by Crippen LogP contribution is -1.91. The average molecular weight is 524 g/mol. The van der Waals surface area contributed by atoms with Crippen molar-refractivity contribution in [3.8, 4) is 0 Å². The van der Waals surface area contributed by atoms with Gasteiger partial charge in [-0.25, -0.2) is 0 Å². The number of thiophene rings is 1. The molecule has 6 heteroatoms. The van der Waals surface area contributed by atoms with Crippen molar-refractivity contribution in [2.75, 3.05) is 0 Å². The van der Waals surface area contributed by atoms with Crippen LogP contribution in [0.3, 0.4) is 0 Å². The maximum Gasteiger partial charge on any atom is 0.0939 e. The Morgan fingerprint density at radius 3 is 2.24 bits per heavy atom. The minimum absolute atomic E-state index is 0.148. The highest BCUT2D eigenvalue weighted by Gasteiger charge is 2.17. The zero-order valence-corrected chi connectivity index (χ0v) is 16.1. The summed E-state index contributed by atoms with van der Waals surface area (Å²) in [6.45, 7) is 0. The SMILES string of the molecule is ClC(c1cc(Br)c(Br)s1)c1ccc(Br)cc1Br. The van der Waals surface area contributed by atoms with E-state index in [-0.39, 0.29) is 5.38 Å². The first-order valence-corrected chi connectivity index (χ1v) is 8.95. The topological polar surface area (TPSA) is 0 Å². The van der Waals surface area contributed by atoms with E-state index < -0.39 is 0 Å². The molecule has 2 rings (SSSR count). The van der Waals surface area contributed by atoms with E-state index in [1.165, 1.54) is 0 Å².